The van der Waals surface area contributed by atoms with Gasteiger partial charge in [-0.25, -0.2) is 15.0 Å². The molecule has 11 heteroatoms. The van der Waals surface area contributed by atoms with Crippen LogP contribution in [0.4, 0.5) is 13.2 Å². The fourth-order valence-electron chi connectivity index (χ4n) is 6.68. The first kappa shape index (κ1) is 23.7. The summed E-state index contributed by atoms with van der Waals surface area (Å²) in [5.74, 6) is 0.616. The summed E-state index contributed by atoms with van der Waals surface area (Å²) >= 11 is 0. The van der Waals surface area contributed by atoms with Crippen molar-refractivity contribution < 1.29 is 22.1 Å². The Labute approximate surface area is 214 Å². The minimum Gasteiger partial charge on any atom is -0.373 e. The van der Waals surface area contributed by atoms with E-state index < -0.39 is 27.8 Å². The molecule has 0 spiro atoms. The predicted octanol–water partition coefficient (Wildman–Crippen LogP) is 5.22. The van der Waals surface area contributed by atoms with Crippen molar-refractivity contribution in [3.63, 3.8) is 0 Å². The molecule has 5 aliphatic rings. The zero-order valence-corrected chi connectivity index (χ0v) is 21.5. The normalized spacial score (nSPS) is 32.1. The molecule has 5 fully saturated rings. The predicted molar refractivity (Wildman–Crippen MR) is 130 cm³/mol. The average Bonchev–Trinajstić information content (AvgIpc) is 3.52. The molecule has 0 radical (unpaired) electrons. The number of hydrogen-bond donors (Lipinski definition) is 0. The van der Waals surface area contributed by atoms with Gasteiger partial charge in [-0.3, -0.25) is 8.89 Å². The van der Waals surface area contributed by atoms with Gasteiger partial charge in [-0.05, 0) is 57.9 Å². The molecule has 1 saturated heterocycles. The highest BCUT2D eigenvalue weighted by Crippen LogP contribution is 2.78. The molecule has 3 aromatic heterocycles. The fourth-order valence-corrected chi connectivity index (χ4v) is 7.43. The lowest BCUT2D eigenvalue weighted by molar-refractivity contribution is -0.337. The summed E-state index contributed by atoms with van der Waals surface area (Å²) in [6.07, 6.45) is 5.03. The van der Waals surface area contributed by atoms with E-state index in [4.69, 9.17) is 14.7 Å². The highest BCUT2D eigenvalue weighted by molar-refractivity contribution is 7.84. The average molecular weight is 532 g/mol. The Kier molecular flexibility index (Phi) is 5.00. The lowest BCUT2D eigenvalue weighted by Gasteiger charge is -2.70. The van der Waals surface area contributed by atoms with Gasteiger partial charge in [0, 0.05) is 41.3 Å². The van der Waals surface area contributed by atoms with Crippen LogP contribution in [-0.4, -0.2) is 48.0 Å². The smallest absolute Gasteiger partial charge is 0.373 e. The van der Waals surface area contributed by atoms with Crippen molar-refractivity contribution in [1.82, 2.24) is 24.7 Å². The van der Waals surface area contributed by atoms with Crippen LogP contribution in [0.15, 0.2) is 23.4 Å². The maximum atomic E-state index is 13.7. The van der Waals surface area contributed by atoms with E-state index in [1.165, 1.54) is 0 Å². The van der Waals surface area contributed by atoms with Gasteiger partial charge in [0.1, 0.15) is 5.82 Å². The largest absolute Gasteiger partial charge is 0.394 e. The van der Waals surface area contributed by atoms with E-state index >= 15 is 0 Å². The summed E-state index contributed by atoms with van der Waals surface area (Å²) < 4.78 is 61.4. The van der Waals surface area contributed by atoms with E-state index in [0.29, 0.717) is 52.2 Å². The van der Waals surface area contributed by atoms with Crippen molar-refractivity contribution in [3.8, 4) is 0 Å². The van der Waals surface area contributed by atoms with Crippen molar-refractivity contribution in [2.45, 2.75) is 86.4 Å². The number of nitrogens with zero attached hydrogens (tertiary/aromatic N) is 5. The number of hydrogen-bond acceptors (Lipinski definition) is 6. The van der Waals surface area contributed by atoms with Gasteiger partial charge in [-0.1, -0.05) is 0 Å². The third-order valence-corrected chi connectivity index (χ3v) is 9.89. The Morgan fingerprint density at radius 1 is 1.14 bits per heavy atom. The van der Waals surface area contributed by atoms with Crippen LogP contribution < -0.4 is 0 Å². The first-order chi connectivity index (χ1) is 17.6. The summed E-state index contributed by atoms with van der Waals surface area (Å²) in [6, 6.07) is 2.27. The number of pyridine rings is 1. The quantitative estimate of drug-likeness (QED) is 0.449. The second-order valence-electron chi connectivity index (χ2n) is 11.5. The van der Waals surface area contributed by atoms with E-state index in [1.54, 1.807) is 19.2 Å². The lowest BCUT2D eigenvalue weighted by atomic mass is 9.33. The number of rotatable bonds is 5. The molecular formula is C26H28F3N5O2S. The first-order valence-electron chi connectivity index (χ1n) is 12.8. The van der Waals surface area contributed by atoms with Crippen molar-refractivity contribution in [2.75, 3.05) is 12.9 Å². The number of aromatic nitrogens is 5. The van der Waals surface area contributed by atoms with Gasteiger partial charge >= 0.3 is 6.18 Å². The van der Waals surface area contributed by atoms with Crippen molar-refractivity contribution in [2.24, 2.45) is 5.41 Å². The van der Waals surface area contributed by atoms with Crippen LogP contribution in [0, 0.1) is 12.3 Å². The van der Waals surface area contributed by atoms with Gasteiger partial charge < -0.3 is 4.74 Å². The van der Waals surface area contributed by atoms with E-state index in [9.17, 15) is 17.4 Å². The molecule has 4 aliphatic carbocycles. The minimum absolute atomic E-state index is 0.00260. The van der Waals surface area contributed by atoms with E-state index in [0.717, 1.165) is 24.8 Å². The fraction of sp³-hybridized carbons (Fsp3) is 0.615. The number of aryl methyl sites for hydroxylation is 1. The van der Waals surface area contributed by atoms with Crippen molar-refractivity contribution in [3.05, 3.63) is 41.2 Å². The van der Waals surface area contributed by atoms with Gasteiger partial charge in [0.05, 0.1) is 50.8 Å². The molecule has 0 aromatic carbocycles. The SMILES string of the molecule is Cc1nc2nc(C3CCOC(c4cnn(C5CC5)c4)C3)nc(C34CC(C(F)(F)F)(C3)C4)c2cc1S(C)=O. The van der Waals surface area contributed by atoms with Crippen LogP contribution in [-0.2, 0) is 21.0 Å². The van der Waals surface area contributed by atoms with Gasteiger partial charge in [-0.15, -0.1) is 0 Å². The molecule has 196 valence electrons. The van der Waals surface area contributed by atoms with E-state index in [1.807, 2.05) is 10.9 Å². The molecule has 3 unspecified atom stereocenters. The summed E-state index contributed by atoms with van der Waals surface area (Å²) in [4.78, 5) is 15.0. The molecule has 0 amide bonds. The van der Waals surface area contributed by atoms with Crippen LogP contribution in [0.3, 0.4) is 0 Å². The maximum absolute atomic E-state index is 13.7. The van der Waals surface area contributed by atoms with Gasteiger partial charge in [0.2, 0.25) is 0 Å². The summed E-state index contributed by atoms with van der Waals surface area (Å²) in [6.45, 7) is 2.34. The molecule has 2 bridgehead atoms. The Bertz CT molecular complexity index is 1430. The summed E-state index contributed by atoms with van der Waals surface area (Å²) in [5.41, 5.74) is 0.554. The second kappa shape index (κ2) is 7.81. The second-order valence-corrected chi connectivity index (χ2v) is 12.8. The molecule has 1 aliphatic heterocycles. The number of fused-ring (bicyclic) bond motifs is 1. The molecule has 8 rings (SSSR count). The van der Waals surface area contributed by atoms with Crippen LogP contribution in [0.25, 0.3) is 11.0 Å². The zero-order valence-electron chi connectivity index (χ0n) is 20.7. The molecule has 3 aromatic rings. The third-order valence-electron chi connectivity index (χ3n) is 8.86. The Hall–Kier alpha value is -2.40. The highest BCUT2D eigenvalue weighted by Gasteiger charge is 2.79. The number of alkyl halides is 3. The Morgan fingerprint density at radius 2 is 1.89 bits per heavy atom. The van der Waals surface area contributed by atoms with Crippen LogP contribution >= 0.6 is 0 Å². The molecular weight excluding hydrogens is 503 g/mol. The highest BCUT2D eigenvalue weighted by atomic mass is 32.2. The molecule has 7 nitrogen and oxygen atoms in total. The number of ether oxygens (including phenoxy) is 1. The first-order valence-corrected chi connectivity index (χ1v) is 14.4. The van der Waals surface area contributed by atoms with Crippen LogP contribution in [0.2, 0.25) is 0 Å². The zero-order chi connectivity index (χ0) is 25.7. The van der Waals surface area contributed by atoms with E-state index in [-0.39, 0.29) is 31.3 Å². The third kappa shape index (κ3) is 3.60. The van der Waals surface area contributed by atoms with Gasteiger partial charge in [-0.2, -0.15) is 18.3 Å². The Morgan fingerprint density at radius 3 is 2.57 bits per heavy atom. The number of halogens is 3. The Balaban J connectivity index is 1.26. The van der Waals surface area contributed by atoms with Crippen LogP contribution in [0.5, 0.6) is 0 Å². The molecule has 37 heavy (non-hydrogen) atoms. The summed E-state index contributed by atoms with van der Waals surface area (Å²) in [7, 11) is -1.28. The molecule has 4 saturated carbocycles. The maximum Gasteiger partial charge on any atom is 0.394 e. The van der Waals surface area contributed by atoms with Gasteiger partial charge in [0.15, 0.2) is 5.65 Å². The summed E-state index contributed by atoms with van der Waals surface area (Å²) in [5, 5.41) is 5.13. The van der Waals surface area contributed by atoms with Gasteiger partial charge in [0.25, 0.3) is 0 Å². The van der Waals surface area contributed by atoms with Crippen molar-refractivity contribution in [1.29, 1.82) is 0 Å². The molecule has 3 atom stereocenters. The lowest BCUT2D eigenvalue weighted by Crippen LogP contribution is -2.70. The minimum atomic E-state index is -4.20. The van der Waals surface area contributed by atoms with Crippen LogP contribution in [0.1, 0.15) is 85.8 Å². The van der Waals surface area contributed by atoms with E-state index in [2.05, 4.69) is 16.3 Å². The monoisotopic (exact) mass is 531 g/mol. The topological polar surface area (TPSA) is 82.8 Å². The molecule has 0 N–H and O–H groups in total. The standard InChI is InChI=1S/C26H28F3N5O2S/c1-14-20(37(2)35)8-18-21(24-11-25(12-24,13-24)26(27,28)29)32-22(33-23(18)31-14)15-5-6-36-19(7-15)16-9-30-34(10-16)17-3-4-17/h8-10,15,17,19H,3-7,11-13H2,1-2H3. The van der Waals surface area contributed by atoms with Crippen molar-refractivity contribution >= 4 is 21.8 Å². The molecule has 4 heterocycles.